The third-order valence-electron chi connectivity index (χ3n) is 4.10. The first kappa shape index (κ1) is 18.6. The highest BCUT2D eigenvalue weighted by Gasteiger charge is 2.13. The van der Waals surface area contributed by atoms with Crippen LogP contribution < -0.4 is 10.6 Å². The van der Waals surface area contributed by atoms with Gasteiger partial charge in [-0.3, -0.25) is 9.59 Å². The number of rotatable bonds is 5. The smallest absolute Gasteiger partial charge is 0.291 e. The van der Waals surface area contributed by atoms with E-state index in [9.17, 15) is 9.59 Å². The molecule has 2 N–H and O–H groups in total. The molecule has 0 atom stereocenters. The third-order valence-corrected chi connectivity index (χ3v) is 4.36. The molecule has 0 saturated carbocycles. The van der Waals surface area contributed by atoms with Crippen LogP contribution in [0.25, 0.3) is 11.3 Å². The van der Waals surface area contributed by atoms with Crippen molar-refractivity contribution in [2.75, 3.05) is 10.6 Å². The lowest BCUT2D eigenvalue weighted by molar-refractivity contribution is 0.0989. The van der Waals surface area contributed by atoms with E-state index >= 15 is 0 Å². The summed E-state index contributed by atoms with van der Waals surface area (Å²) < 4.78 is 10.7. The van der Waals surface area contributed by atoms with Crippen molar-refractivity contribution in [3.63, 3.8) is 0 Å². The van der Waals surface area contributed by atoms with E-state index in [4.69, 9.17) is 20.4 Å². The molecule has 0 bridgehead atoms. The van der Waals surface area contributed by atoms with Crippen molar-refractivity contribution in [2.45, 2.75) is 0 Å². The molecule has 144 valence electrons. The maximum Gasteiger partial charge on any atom is 0.291 e. The van der Waals surface area contributed by atoms with Crippen LogP contribution in [0.3, 0.4) is 0 Å². The molecule has 29 heavy (non-hydrogen) atoms. The second-order valence-corrected chi connectivity index (χ2v) is 6.57. The summed E-state index contributed by atoms with van der Waals surface area (Å²) in [6.45, 7) is 0. The third kappa shape index (κ3) is 4.39. The van der Waals surface area contributed by atoms with Crippen LogP contribution in [0.4, 0.5) is 11.4 Å². The number of furan rings is 2. The predicted molar refractivity (Wildman–Crippen MR) is 110 cm³/mol. The van der Waals surface area contributed by atoms with Crippen molar-refractivity contribution in [2.24, 2.45) is 0 Å². The number of benzene rings is 2. The van der Waals surface area contributed by atoms with Crippen LogP contribution in [0.5, 0.6) is 0 Å². The van der Waals surface area contributed by atoms with E-state index in [-0.39, 0.29) is 23.3 Å². The van der Waals surface area contributed by atoms with Gasteiger partial charge >= 0.3 is 0 Å². The summed E-state index contributed by atoms with van der Waals surface area (Å²) in [6.07, 6.45) is 1.43. The molecule has 0 aliphatic rings. The zero-order valence-corrected chi connectivity index (χ0v) is 15.8. The minimum absolute atomic E-state index is 0.185. The van der Waals surface area contributed by atoms with Crippen molar-refractivity contribution < 1.29 is 18.4 Å². The van der Waals surface area contributed by atoms with Gasteiger partial charge in [0.05, 0.1) is 6.26 Å². The number of hydrogen-bond donors (Lipinski definition) is 2. The van der Waals surface area contributed by atoms with E-state index in [1.54, 1.807) is 60.7 Å². The Kier molecular flexibility index (Phi) is 5.18. The molecule has 0 spiro atoms. The van der Waals surface area contributed by atoms with Crippen LogP contribution in [-0.4, -0.2) is 11.8 Å². The van der Waals surface area contributed by atoms with Gasteiger partial charge in [-0.1, -0.05) is 11.6 Å². The van der Waals surface area contributed by atoms with Gasteiger partial charge in [0.25, 0.3) is 11.8 Å². The van der Waals surface area contributed by atoms with E-state index in [2.05, 4.69) is 10.6 Å². The number of carbonyl (C=O) groups is 2. The second-order valence-electron chi connectivity index (χ2n) is 6.13. The highest BCUT2D eigenvalue weighted by Crippen LogP contribution is 2.24. The van der Waals surface area contributed by atoms with Gasteiger partial charge in [0.1, 0.15) is 5.76 Å². The Hall–Kier alpha value is -3.77. The Morgan fingerprint density at radius 3 is 1.93 bits per heavy atom. The summed E-state index contributed by atoms with van der Waals surface area (Å²) >= 11 is 5.89. The lowest BCUT2D eigenvalue weighted by atomic mass is 10.2. The second kappa shape index (κ2) is 8.08. The molecule has 4 rings (SSSR count). The summed E-state index contributed by atoms with van der Waals surface area (Å²) in [6, 6.07) is 20.4. The monoisotopic (exact) mass is 406 g/mol. The first-order valence-electron chi connectivity index (χ1n) is 8.70. The van der Waals surface area contributed by atoms with Gasteiger partial charge in [0.2, 0.25) is 0 Å². The summed E-state index contributed by atoms with van der Waals surface area (Å²) in [7, 11) is 0. The Morgan fingerprint density at radius 1 is 0.724 bits per heavy atom. The van der Waals surface area contributed by atoms with Crippen LogP contribution in [0.2, 0.25) is 5.02 Å². The average molecular weight is 407 g/mol. The van der Waals surface area contributed by atoms with Crippen LogP contribution in [0.1, 0.15) is 21.1 Å². The van der Waals surface area contributed by atoms with Gasteiger partial charge in [-0.2, -0.15) is 0 Å². The molecule has 7 heteroatoms. The zero-order chi connectivity index (χ0) is 20.2. The van der Waals surface area contributed by atoms with Crippen molar-refractivity contribution in [1.82, 2.24) is 0 Å². The maximum absolute atomic E-state index is 12.4. The Morgan fingerprint density at radius 2 is 1.34 bits per heavy atom. The zero-order valence-electron chi connectivity index (χ0n) is 15.0. The van der Waals surface area contributed by atoms with Gasteiger partial charge in [0, 0.05) is 22.0 Å². The minimum Gasteiger partial charge on any atom is -0.459 e. The standard InChI is InChI=1S/C22H15ClN2O4/c23-15-5-3-14(4-6-15)18-11-12-20(29-18)22(27)25-17-9-7-16(8-10-17)24-21(26)19-2-1-13-28-19/h1-13H,(H,24,26)(H,25,27). The number of nitrogens with one attached hydrogen (secondary N) is 2. The van der Waals surface area contributed by atoms with E-state index in [0.29, 0.717) is 22.2 Å². The molecule has 4 aromatic rings. The van der Waals surface area contributed by atoms with Crippen molar-refractivity contribution in [3.05, 3.63) is 95.6 Å². The van der Waals surface area contributed by atoms with Gasteiger partial charge in [0.15, 0.2) is 11.5 Å². The van der Waals surface area contributed by atoms with Crippen LogP contribution in [-0.2, 0) is 0 Å². The van der Waals surface area contributed by atoms with Gasteiger partial charge in [-0.05, 0) is 72.8 Å². The molecule has 0 unspecified atom stereocenters. The van der Waals surface area contributed by atoms with Crippen molar-refractivity contribution in [1.29, 1.82) is 0 Å². The number of anilines is 2. The minimum atomic E-state index is -0.377. The van der Waals surface area contributed by atoms with E-state index in [1.807, 2.05) is 12.1 Å². The lowest BCUT2D eigenvalue weighted by Crippen LogP contribution is -2.12. The molecule has 2 heterocycles. The molecule has 0 aliphatic carbocycles. The molecule has 0 aliphatic heterocycles. The molecule has 0 fully saturated rings. The largest absolute Gasteiger partial charge is 0.459 e. The normalized spacial score (nSPS) is 10.5. The van der Waals surface area contributed by atoms with Crippen LogP contribution >= 0.6 is 11.6 Å². The number of hydrogen-bond acceptors (Lipinski definition) is 4. The molecular weight excluding hydrogens is 392 g/mol. The molecule has 0 saturated heterocycles. The fourth-order valence-corrected chi connectivity index (χ4v) is 2.79. The Balaban J connectivity index is 1.39. The predicted octanol–water partition coefficient (Wildman–Crippen LogP) is 5.70. The highest BCUT2D eigenvalue weighted by molar-refractivity contribution is 6.30. The van der Waals surface area contributed by atoms with E-state index in [0.717, 1.165) is 5.56 Å². The molecular formula is C22H15ClN2O4. The molecule has 6 nitrogen and oxygen atoms in total. The van der Waals surface area contributed by atoms with Crippen molar-refractivity contribution >= 4 is 34.8 Å². The SMILES string of the molecule is O=C(Nc1ccc(NC(=O)c2ccc(-c3ccc(Cl)cc3)o2)cc1)c1ccco1. The van der Waals surface area contributed by atoms with Gasteiger partial charge in [-0.15, -0.1) is 0 Å². The topological polar surface area (TPSA) is 84.5 Å². The van der Waals surface area contributed by atoms with Crippen molar-refractivity contribution in [3.8, 4) is 11.3 Å². The maximum atomic E-state index is 12.4. The summed E-state index contributed by atoms with van der Waals surface area (Å²) in [5, 5.41) is 6.09. The quantitative estimate of drug-likeness (QED) is 0.445. The summed E-state index contributed by atoms with van der Waals surface area (Å²) in [4.78, 5) is 24.4. The lowest BCUT2D eigenvalue weighted by Gasteiger charge is -2.06. The van der Waals surface area contributed by atoms with Gasteiger partial charge in [-0.25, -0.2) is 0 Å². The fraction of sp³-hybridized carbons (Fsp3) is 0. The van der Waals surface area contributed by atoms with E-state index in [1.165, 1.54) is 6.26 Å². The molecule has 0 radical (unpaired) electrons. The number of carbonyl (C=O) groups excluding carboxylic acids is 2. The first-order chi connectivity index (χ1) is 14.1. The molecule has 2 aromatic carbocycles. The average Bonchev–Trinajstić information content (AvgIpc) is 3.42. The number of amides is 2. The Labute approximate surface area is 171 Å². The summed E-state index contributed by atoms with van der Waals surface area (Å²) in [5.41, 5.74) is 1.97. The van der Waals surface area contributed by atoms with Gasteiger partial charge < -0.3 is 19.5 Å². The highest BCUT2D eigenvalue weighted by atomic mass is 35.5. The van der Waals surface area contributed by atoms with Crippen LogP contribution in [0, 0.1) is 0 Å². The first-order valence-corrected chi connectivity index (χ1v) is 9.08. The van der Waals surface area contributed by atoms with Crippen LogP contribution in [0.15, 0.2) is 87.9 Å². The molecule has 2 aromatic heterocycles. The van der Waals surface area contributed by atoms with E-state index < -0.39 is 0 Å². The molecule has 2 amide bonds. The Bertz CT molecular complexity index is 1130. The number of halogens is 1. The fourth-order valence-electron chi connectivity index (χ4n) is 2.66. The summed E-state index contributed by atoms with van der Waals surface area (Å²) in [5.74, 6) is 0.249.